The van der Waals surface area contributed by atoms with Crippen molar-refractivity contribution in [1.82, 2.24) is 10.3 Å². The number of imide groups is 1. The molecule has 1 aromatic carbocycles. The SMILES string of the molecule is CCOc1ccnc(C(=O)NC(=O)[C@@H](N)Cc2ccccc2)c1O. The predicted octanol–water partition coefficient (Wildman–Crippen LogP) is 1.01. The minimum atomic E-state index is -0.895. The largest absolute Gasteiger partial charge is 0.503 e. The van der Waals surface area contributed by atoms with Crippen molar-refractivity contribution in [2.75, 3.05) is 6.61 Å². The number of nitrogens with two attached hydrogens (primary N) is 1. The lowest BCUT2D eigenvalue weighted by molar-refractivity contribution is -0.121. The number of amides is 2. The van der Waals surface area contributed by atoms with E-state index in [2.05, 4.69) is 10.3 Å². The molecule has 7 nitrogen and oxygen atoms in total. The molecule has 0 radical (unpaired) electrons. The van der Waals surface area contributed by atoms with Gasteiger partial charge in [-0.2, -0.15) is 0 Å². The molecule has 2 amide bonds. The van der Waals surface area contributed by atoms with Gasteiger partial charge in [0.05, 0.1) is 12.6 Å². The molecular formula is C17H19N3O4. The van der Waals surface area contributed by atoms with Gasteiger partial charge in [0, 0.05) is 12.3 Å². The molecule has 0 aliphatic heterocycles. The van der Waals surface area contributed by atoms with Crippen molar-refractivity contribution < 1.29 is 19.4 Å². The van der Waals surface area contributed by atoms with Crippen molar-refractivity contribution >= 4 is 11.8 Å². The van der Waals surface area contributed by atoms with E-state index in [1.54, 1.807) is 6.92 Å². The number of carbonyl (C=O) groups is 2. The Morgan fingerprint density at radius 1 is 1.29 bits per heavy atom. The maximum Gasteiger partial charge on any atom is 0.280 e. The number of carbonyl (C=O) groups excluding carboxylic acids is 2. The van der Waals surface area contributed by atoms with Gasteiger partial charge in [-0.3, -0.25) is 14.9 Å². The Balaban J connectivity index is 2.03. The van der Waals surface area contributed by atoms with Crippen LogP contribution < -0.4 is 15.8 Å². The van der Waals surface area contributed by atoms with Gasteiger partial charge in [0.1, 0.15) is 0 Å². The summed E-state index contributed by atoms with van der Waals surface area (Å²) in [5, 5.41) is 12.1. The summed E-state index contributed by atoms with van der Waals surface area (Å²) in [5.74, 6) is -1.77. The number of nitrogens with zero attached hydrogens (tertiary/aromatic N) is 1. The molecule has 1 atom stereocenters. The minimum Gasteiger partial charge on any atom is -0.503 e. The van der Waals surface area contributed by atoms with Crippen LogP contribution in [0, 0.1) is 0 Å². The van der Waals surface area contributed by atoms with Crippen LogP contribution in [0.15, 0.2) is 42.6 Å². The summed E-state index contributed by atoms with van der Waals surface area (Å²) in [6.07, 6.45) is 1.60. The molecule has 24 heavy (non-hydrogen) atoms. The zero-order valence-corrected chi connectivity index (χ0v) is 13.2. The first-order valence-electron chi connectivity index (χ1n) is 7.48. The van der Waals surface area contributed by atoms with E-state index in [-0.39, 0.29) is 11.4 Å². The second kappa shape index (κ2) is 8.07. The quantitative estimate of drug-likeness (QED) is 0.729. The smallest absolute Gasteiger partial charge is 0.280 e. The second-order valence-corrected chi connectivity index (χ2v) is 5.05. The van der Waals surface area contributed by atoms with Gasteiger partial charge >= 0.3 is 0 Å². The molecule has 1 heterocycles. The third-order valence-electron chi connectivity index (χ3n) is 3.27. The molecule has 2 aromatic rings. The number of hydrogen-bond acceptors (Lipinski definition) is 6. The molecule has 0 aliphatic rings. The third kappa shape index (κ3) is 4.30. The van der Waals surface area contributed by atoms with Gasteiger partial charge in [-0.15, -0.1) is 0 Å². The van der Waals surface area contributed by atoms with Crippen molar-refractivity contribution in [2.24, 2.45) is 5.73 Å². The summed E-state index contributed by atoms with van der Waals surface area (Å²) < 4.78 is 5.18. The molecule has 0 saturated carbocycles. The summed E-state index contributed by atoms with van der Waals surface area (Å²) in [4.78, 5) is 28.0. The van der Waals surface area contributed by atoms with E-state index >= 15 is 0 Å². The van der Waals surface area contributed by atoms with E-state index < -0.39 is 23.6 Å². The lowest BCUT2D eigenvalue weighted by atomic mass is 10.1. The molecule has 0 spiro atoms. The number of aromatic nitrogens is 1. The monoisotopic (exact) mass is 329 g/mol. The van der Waals surface area contributed by atoms with Crippen LogP contribution in [0.1, 0.15) is 23.0 Å². The van der Waals surface area contributed by atoms with E-state index in [0.29, 0.717) is 13.0 Å². The molecule has 0 bridgehead atoms. The molecule has 0 fully saturated rings. The molecule has 126 valence electrons. The van der Waals surface area contributed by atoms with Crippen LogP contribution in [-0.4, -0.2) is 34.6 Å². The van der Waals surface area contributed by atoms with Crippen molar-refractivity contribution in [3.05, 3.63) is 53.9 Å². The van der Waals surface area contributed by atoms with Crippen LogP contribution in [-0.2, 0) is 11.2 Å². The summed E-state index contributed by atoms with van der Waals surface area (Å²) in [5.41, 5.74) is 6.41. The van der Waals surface area contributed by atoms with E-state index in [9.17, 15) is 14.7 Å². The molecule has 0 saturated heterocycles. The van der Waals surface area contributed by atoms with Crippen LogP contribution in [0.3, 0.4) is 0 Å². The summed E-state index contributed by atoms with van der Waals surface area (Å²) in [7, 11) is 0. The third-order valence-corrected chi connectivity index (χ3v) is 3.27. The molecule has 4 N–H and O–H groups in total. The fourth-order valence-electron chi connectivity index (χ4n) is 2.10. The Labute approximate surface area is 139 Å². The number of ether oxygens (including phenoxy) is 1. The first-order valence-corrected chi connectivity index (χ1v) is 7.48. The van der Waals surface area contributed by atoms with Gasteiger partial charge in [0.2, 0.25) is 5.91 Å². The molecular weight excluding hydrogens is 310 g/mol. The highest BCUT2D eigenvalue weighted by Crippen LogP contribution is 2.27. The fraction of sp³-hybridized carbons (Fsp3) is 0.235. The standard InChI is InChI=1S/C17H19N3O4/c1-2-24-13-8-9-19-14(15(13)21)17(23)20-16(22)12(18)10-11-6-4-3-5-7-11/h3-9,12,21H,2,10,18H2,1H3,(H,20,22,23)/t12-/m0/s1. The molecule has 0 aliphatic carbocycles. The number of aromatic hydroxyl groups is 1. The van der Waals surface area contributed by atoms with Crippen molar-refractivity contribution in [1.29, 1.82) is 0 Å². The summed E-state index contributed by atoms with van der Waals surface area (Å²) >= 11 is 0. The number of rotatable bonds is 6. The van der Waals surface area contributed by atoms with E-state index in [1.807, 2.05) is 30.3 Å². The second-order valence-electron chi connectivity index (χ2n) is 5.05. The van der Waals surface area contributed by atoms with Crippen molar-refractivity contribution in [3.63, 3.8) is 0 Å². The molecule has 0 unspecified atom stereocenters. The van der Waals surface area contributed by atoms with Gasteiger partial charge in [0.25, 0.3) is 5.91 Å². The Hall–Kier alpha value is -2.93. The maximum absolute atomic E-state index is 12.1. The van der Waals surface area contributed by atoms with Crippen LogP contribution in [0.25, 0.3) is 0 Å². The average Bonchev–Trinajstić information content (AvgIpc) is 2.57. The predicted molar refractivity (Wildman–Crippen MR) is 87.7 cm³/mol. The van der Waals surface area contributed by atoms with Gasteiger partial charge in [-0.05, 0) is 18.9 Å². The molecule has 2 rings (SSSR count). The van der Waals surface area contributed by atoms with Crippen LogP contribution in [0.5, 0.6) is 11.5 Å². The van der Waals surface area contributed by atoms with Crippen molar-refractivity contribution in [3.8, 4) is 11.5 Å². The summed E-state index contributed by atoms with van der Waals surface area (Å²) in [6.45, 7) is 2.06. The first kappa shape index (κ1) is 17.4. The van der Waals surface area contributed by atoms with Gasteiger partial charge in [0.15, 0.2) is 17.2 Å². The van der Waals surface area contributed by atoms with E-state index in [0.717, 1.165) is 5.56 Å². The topological polar surface area (TPSA) is 115 Å². The van der Waals surface area contributed by atoms with Crippen LogP contribution in [0.2, 0.25) is 0 Å². The molecule has 7 heteroatoms. The Morgan fingerprint density at radius 3 is 2.67 bits per heavy atom. The van der Waals surface area contributed by atoms with Gasteiger partial charge in [-0.25, -0.2) is 4.98 Å². The van der Waals surface area contributed by atoms with E-state index in [1.165, 1.54) is 12.3 Å². The minimum absolute atomic E-state index is 0.124. The number of pyridine rings is 1. The lowest BCUT2D eigenvalue weighted by Gasteiger charge is -2.12. The summed E-state index contributed by atoms with van der Waals surface area (Å²) in [6, 6.07) is 9.76. The Kier molecular flexibility index (Phi) is 5.86. The normalized spacial score (nSPS) is 11.6. The maximum atomic E-state index is 12.1. The highest BCUT2D eigenvalue weighted by molar-refractivity contribution is 6.06. The zero-order valence-electron chi connectivity index (χ0n) is 13.2. The Morgan fingerprint density at radius 2 is 2.00 bits per heavy atom. The van der Waals surface area contributed by atoms with Crippen molar-refractivity contribution in [2.45, 2.75) is 19.4 Å². The average molecular weight is 329 g/mol. The van der Waals surface area contributed by atoms with Gasteiger partial charge < -0.3 is 15.6 Å². The van der Waals surface area contributed by atoms with Crippen LogP contribution >= 0.6 is 0 Å². The lowest BCUT2D eigenvalue weighted by Crippen LogP contribution is -2.44. The highest BCUT2D eigenvalue weighted by atomic mass is 16.5. The highest BCUT2D eigenvalue weighted by Gasteiger charge is 2.22. The first-order chi connectivity index (χ1) is 11.5. The van der Waals surface area contributed by atoms with E-state index in [4.69, 9.17) is 10.5 Å². The number of nitrogens with one attached hydrogen (secondary N) is 1. The number of hydrogen-bond donors (Lipinski definition) is 3. The number of benzene rings is 1. The van der Waals surface area contributed by atoms with Crippen LogP contribution in [0.4, 0.5) is 0 Å². The van der Waals surface area contributed by atoms with Gasteiger partial charge in [-0.1, -0.05) is 30.3 Å². The Bertz CT molecular complexity index is 719. The fourth-order valence-corrected chi connectivity index (χ4v) is 2.10. The zero-order chi connectivity index (χ0) is 17.5. The molecule has 1 aromatic heterocycles.